The topological polar surface area (TPSA) is 23.9 Å². The highest BCUT2D eigenvalue weighted by Gasteiger charge is 2.36. The van der Waals surface area contributed by atoms with Gasteiger partial charge in [-0.15, -0.1) is 0 Å². The molecule has 0 spiro atoms. The molecule has 0 aliphatic carbocycles. The van der Waals surface area contributed by atoms with Gasteiger partial charge in [-0.1, -0.05) is 55.4 Å². The number of nitrogens with one attached hydrogen (secondary N) is 1. The quantitative estimate of drug-likeness (QED) is 0.623. The van der Waals surface area contributed by atoms with E-state index >= 15 is 0 Å². The predicted octanol–water partition coefficient (Wildman–Crippen LogP) is 5.54. The molecule has 1 unspecified atom stereocenters. The van der Waals surface area contributed by atoms with E-state index in [4.69, 9.17) is 5.41 Å². The molecule has 0 rings (SSSR count). The third-order valence-electron chi connectivity index (χ3n) is 3.27. The standard InChI is InChI=1S/C16H33N/c1-12(17)13(10-14(2,3)4)16(8,9)11-15(5,6)7/h13,17H,10-11H2,1-9H3. The minimum Gasteiger partial charge on any atom is -0.310 e. The molecule has 0 fully saturated rings. The maximum atomic E-state index is 8.10. The van der Waals surface area contributed by atoms with Crippen LogP contribution in [0.2, 0.25) is 0 Å². The van der Waals surface area contributed by atoms with Crippen LogP contribution < -0.4 is 0 Å². The van der Waals surface area contributed by atoms with E-state index in [2.05, 4.69) is 55.4 Å². The second kappa shape index (κ2) is 5.12. The van der Waals surface area contributed by atoms with Gasteiger partial charge >= 0.3 is 0 Å². The van der Waals surface area contributed by atoms with Gasteiger partial charge in [0.2, 0.25) is 0 Å². The molecule has 1 N–H and O–H groups in total. The summed E-state index contributed by atoms with van der Waals surface area (Å²) in [5.41, 5.74) is 1.67. The van der Waals surface area contributed by atoms with Gasteiger partial charge in [-0.05, 0) is 36.0 Å². The van der Waals surface area contributed by atoms with E-state index in [9.17, 15) is 0 Å². The lowest BCUT2D eigenvalue weighted by molar-refractivity contribution is 0.135. The van der Waals surface area contributed by atoms with E-state index in [-0.39, 0.29) is 5.41 Å². The first kappa shape index (κ1) is 16.7. The highest BCUT2D eigenvalue weighted by atomic mass is 14.5. The maximum absolute atomic E-state index is 8.10. The minimum atomic E-state index is 0.206. The zero-order valence-corrected chi connectivity index (χ0v) is 13.5. The summed E-state index contributed by atoms with van der Waals surface area (Å²) < 4.78 is 0. The Balaban J connectivity index is 4.99. The van der Waals surface area contributed by atoms with Crippen LogP contribution in [0.1, 0.15) is 75.2 Å². The second-order valence-electron chi connectivity index (χ2n) is 8.73. The molecule has 0 saturated carbocycles. The Hall–Kier alpha value is -0.330. The smallest absolute Gasteiger partial charge is 0.00946 e. The van der Waals surface area contributed by atoms with Crippen molar-refractivity contribution < 1.29 is 0 Å². The third kappa shape index (κ3) is 6.85. The summed E-state index contributed by atoms with van der Waals surface area (Å²) in [7, 11) is 0. The average molecular weight is 239 g/mol. The van der Waals surface area contributed by atoms with Gasteiger partial charge in [0.1, 0.15) is 0 Å². The molecule has 0 aromatic carbocycles. The molecular formula is C16H33N. The van der Waals surface area contributed by atoms with E-state index in [1.165, 1.54) is 0 Å². The van der Waals surface area contributed by atoms with Crippen LogP contribution in [0.5, 0.6) is 0 Å². The van der Waals surface area contributed by atoms with E-state index in [0.717, 1.165) is 18.6 Å². The highest BCUT2D eigenvalue weighted by molar-refractivity contribution is 5.82. The fourth-order valence-electron chi connectivity index (χ4n) is 3.12. The number of hydrogen-bond donors (Lipinski definition) is 1. The molecule has 1 nitrogen and oxygen atoms in total. The largest absolute Gasteiger partial charge is 0.310 e. The SMILES string of the molecule is CC(=N)C(CC(C)(C)C)C(C)(C)CC(C)(C)C. The number of hydrogen-bond acceptors (Lipinski definition) is 1. The molecule has 0 saturated heterocycles. The molecule has 0 radical (unpaired) electrons. The molecule has 1 atom stereocenters. The monoisotopic (exact) mass is 239 g/mol. The summed E-state index contributed by atoms with van der Waals surface area (Å²) in [5, 5.41) is 8.10. The molecule has 17 heavy (non-hydrogen) atoms. The lowest BCUT2D eigenvalue weighted by Gasteiger charge is -2.41. The Morgan fingerprint density at radius 3 is 1.53 bits per heavy atom. The predicted molar refractivity (Wildman–Crippen MR) is 78.8 cm³/mol. The fraction of sp³-hybridized carbons (Fsp3) is 0.938. The lowest BCUT2D eigenvalue weighted by Crippen LogP contribution is -2.35. The van der Waals surface area contributed by atoms with Crippen molar-refractivity contribution in [3.8, 4) is 0 Å². The molecule has 0 aliphatic heterocycles. The molecule has 0 bridgehead atoms. The fourth-order valence-corrected chi connectivity index (χ4v) is 3.12. The molecule has 0 heterocycles. The van der Waals surface area contributed by atoms with E-state index in [0.29, 0.717) is 16.7 Å². The van der Waals surface area contributed by atoms with Crippen molar-refractivity contribution in [2.24, 2.45) is 22.2 Å². The van der Waals surface area contributed by atoms with Gasteiger partial charge in [0.05, 0.1) is 0 Å². The van der Waals surface area contributed by atoms with Crippen molar-refractivity contribution in [1.82, 2.24) is 0 Å². The van der Waals surface area contributed by atoms with Crippen LogP contribution in [-0.4, -0.2) is 5.71 Å². The van der Waals surface area contributed by atoms with E-state index < -0.39 is 0 Å². The molecule has 1 heteroatoms. The zero-order chi connectivity index (χ0) is 14.1. The molecular weight excluding hydrogens is 206 g/mol. The summed E-state index contributed by atoms with van der Waals surface area (Å²) >= 11 is 0. The third-order valence-corrected chi connectivity index (χ3v) is 3.27. The summed E-state index contributed by atoms with van der Waals surface area (Å²) in [5.74, 6) is 0.390. The Kier molecular flexibility index (Phi) is 5.02. The minimum absolute atomic E-state index is 0.206. The summed E-state index contributed by atoms with van der Waals surface area (Å²) in [6.45, 7) is 20.3. The van der Waals surface area contributed by atoms with Crippen LogP contribution in [-0.2, 0) is 0 Å². The van der Waals surface area contributed by atoms with Gasteiger partial charge in [0, 0.05) is 11.6 Å². The van der Waals surface area contributed by atoms with Crippen LogP contribution in [0.25, 0.3) is 0 Å². The first-order valence-corrected chi connectivity index (χ1v) is 6.80. The van der Waals surface area contributed by atoms with Gasteiger partial charge in [-0.25, -0.2) is 0 Å². The van der Waals surface area contributed by atoms with Gasteiger partial charge in [-0.2, -0.15) is 0 Å². The van der Waals surface area contributed by atoms with Crippen LogP contribution in [0, 0.1) is 27.6 Å². The van der Waals surface area contributed by atoms with Crippen molar-refractivity contribution in [2.75, 3.05) is 0 Å². The van der Waals surface area contributed by atoms with Crippen molar-refractivity contribution >= 4 is 5.71 Å². The van der Waals surface area contributed by atoms with E-state index in [1.807, 2.05) is 6.92 Å². The molecule has 0 amide bonds. The Labute approximate surface area is 109 Å². The zero-order valence-electron chi connectivity index (χ0n) is 13.5. The number of rotatable bonds is 4. The van der Waals surface area contributed by atoms with Crippen LogP contribution in [0.15, 0.2) is 0 Å². The second-order valence-corrected chi connectivity index (χ2v) is 8.73. The lowest BCUT2D eigenvalue weighted by atomic mass is 9.63. The summed E-state index contributed by atoms with van der Waals surface area (Å²) in [6, 6.07) is 0. The summed E-state index contributed by atoms with van der Waals surface area (Å²) in [6.07, 6.45) is 2.27. The van der Waals surface area contributed by atoms with Crippen LogP contribution in [0.4, 0.5) is 0 Å². The van der Waals surface area contributed by atoms with Crippen molar-refractivity contribution in [2.45, 2.75) is 75.2 Å². The van der Waals surface area contributed by atoms with Crippen LogP contribution >= 0.6 is 0 Å². The van der Waals surface area contributed by atoms with Crippen molar-refractivity contribution in [3.63, 3.8) is 0 Å². The van der Waals surface area contributed by atoms with Gasteiger partial charge in [0.15, 0.2) is 0 Å². The molecule has 102 valence electrons. The summed E-state index contributed by atoms with van der Waals surface area (Å²) in [4.78, 5) is 0. The van der Waals surface area contributed by atoms with Crippen molar-refractivity contribution in [3.05, 3.63) is 0 Å². The molecule has 0 aliphatic rings. The van der Waals surface area contributed by atoms with Crippen molar-refractivity contribution in [1.29, 1.82) is 5.41 Å². The normalized spacial score (nSPS) is 15.8. The Bertz CT molecular complexity index is 260. The van der Waals surface area contributed by atoms with E-state index in [1.54, 1.807) is 0 Å². The maximum Gasteiger partial charge on any atom is 0.00946 e. The average Bonchev–Trinajstić information content (AvgIpc) is 1.92. The first-order chi connectivity index (χ1) is 7.25. The van der Waals surface area contributed by atoms with Gasteiger partial charge in [0.25, 0.3) is 0 Å². The van der Waals surface area contributed by atoms with Gasteiger partial charge in [-0.3, -0.25) is 0 Å². The first-order valence-electron chi connectivity index (χ1n) is 6.80. The van der Waals surface area contributed by atoms with Gasteiger partial charge < -0.3 is 5.41 Å². The molecule has 0 aromatic rings. The Morgan fingerprint density at radius 2 is 1.29 bits per heavy atom. The molecule has 0 aromatic heterocycles. The Morgan fingerprint density at radius 1 is 0.882 bits per heavy atom. The van der Waals surface area contributed by atoms with Crippen LogP contribution in [0.3, 0.4) is 0 Å². The highest BCUT2D eigenvalue weighted by Crippen LogP contribution is 2.43.